The molecule has 2 aromatic rings. The smallest absolute Gasteiger partial charge is 0.0834 e. The number of fused-ring (bicyclic) bond motifs is 1. The number of hydrogen-bond acceptors (Lipinski definition) is 1. The molecule has 2 heteroatoms. The van der Waals surface area contributed by atoms with Crippen molar-refractivity contribution in [2.45, 2.75) is 20.0 Å². The van der Waals surface area contributed by atoms with E-state index in [0.29, 0.717) is 0 Å². The number of hydrogen-bond donors (Lipinski definition) is 2. The maximum Gasteiger partial charge on any atom is 0.0834 e. The third-order valence-electron chi connectivity index (χ3n) is 2.41. The van der Waals surface area contributed by atoms with E-state index in [1.165, 1.54) is 10.9 Å². The molecule has 2 rings (SSSR count). The minimum atomic E-state index is 0.0951. The van der Waals surface area contributed by atoms with Gasteiger partial charge in [0.15, 0.2) is 0 Å². The molecule has 68 valence electrons. The average molecular weight is 175 g/mol. The Balaban J connectivity index is 2.73. The summed E-state index contributed by atoms with van der Waals surface area (Å²) in [7, 11) is 0. The third kappa shape index (κ3) is 1.23. The highest BCUT2D eigenvalue weighted by Gasteiger charge is 2.07. The summed E-state index contributed by atoms with van der Waals surface area (Å²) in [5.74, 6) is 0. The highest BCUT2D eigenvalue weighted by atomic mass is 16.3. The van der Waals surface area contributed by atoms with Gasteiger partial charge in [-0.1, -0.05) is 25.1 Å². The van der Waals surface area contributed by atoms with E-state index in [9.17, 15) is 0 Å². The van der Waals surface area contributed by atoms with Crippen molar-refractivity contribution in [3.63, 3.8) is 0 Å². The zero-order valence-electron chi connectivity index (χ0n) is 7.67. The fraction of sp³-hybridized carbons (Fsp3) is 0.273. The summed E-state index contributed by atoms with van der Waals surface area (Å²) in [6.07, 6.45) is 0.958. The first-order valence-electron chi connectivity index (χ1n) is 4.56. The second kappa shape index (κ2) is 3.23. The Morgan fingerprint density at radius 2 is 2.08 bits per heavy atom. The first-order chi connectivity index (χ1) is 6.36. The molecule has 0 spiro atoms. The molecule has 0 fully saturated rings. The monoisotopic (exact) mass is 175 g/mol. The van der Waals surface area contributed by atoms with Crippen LogP contribution >= 0.6 is 0 Å². The number of rotatable bonds is 2. The molecule has 2 N–H and O–H groups in total. The summed E-state index contributed by atoms with van der Waals surface area (Å²) in [5.41, 5.74) is 3.30. The highest BCUT2D eigenvalue weighted by Crippen LogP contribution is 2.22. The average Bonchev–Trinajstić information content (AvgIpc) is 2.55. The summed E-state index contributed by atoms with van der Waals surface area (Å²) in [4.78, 5) is 3.21. The number of aryl methyl sites for hydroxylation is 1. The van der Waals surface area contributed by atoms with Gasteiger partial charge in [0.2, 0.25) is 0 Å². The van der Waals surface area contributed by atoms with Crippen LogP contribution < -0.4 is 0 Å². The molecule has 0 atom stereocenters. The van der Waals surface area contributed by atoms with E-state index in [0.717, 1.165) is 17.6 Å². The molecule has 0 radical (unpaired) electrons. The molecule has 0 unspecified atom stereocenters. The van der Waals surface area contributed by atoms with Gasteiger partial charge in [0, 0.05) is 16.6 Å². The maximum atomic E-state index is 9.12. The Morgan fingerprint density at radius 1 is 1.31 bits per heavy atom. The van der Waals surface area contributed by atoms with Crippen LogP contribution in [0.1, 0.15) is 18.2 Å². The summed E-state index contributed by atoms with van der Waals surface area (Å²) < 4.78 is 0. The van der Waals surface area contributed by atoms with Gasteiger partial charge >= 0.3 is 0 Å². The molecule has 0 saturated carbocycles. The molecule has 0 aliphatic heterocycles. The van der Waals surface area contributed by atoms with Crippen molar-refractivity contribution in [3.8, 4) is 0 Å². The minimum Gasteiger partial charge on any atom is -0.390 e. The lowest BCUT2D eigenvalue weighted by molar-refractivity contribution is 0.276. The fourth-order valence-corrected chi connectivity index (χ4v) is 1.79. The van der Waals surface area contributed by atoms with E-state index in [4.69, 9.17) is 5.11 Å². The van der Waals surface area contributed by atoms with Crippen molar-refractivity contribution in [3.05, 3.63) is 35.5 Å². The molecular weight excluding hydrogens is 162 g/mol. The summed E-state index contributed by atoms with van der Waals surface area (Å²) >= 11 is 0. The Bertz CT molecular complexity index is 417. The van der Waals surface area contributed by atoms with E-state index in [-0.39, 0.29) is 6.61 Å². The number of aliphatic hydroxyl groups is 1. The third-order valence-corrected chi connectivity index (χ3v) is 2.41. The number of H-pyrrole nitrogens is 1. The van der Waals surface area contributed by atoms with Crippen molar-refractivity contribution in [2.75, 3.05) is 0 Å². The minimum absolute atomic E-state index is 0.0951. The predicted octanol–water partition coefficient (Wildman–Crippen LogP) is 2.22. The molecular formula is C11H13NO. The molecule has 2 nitrogen and oxygen atoms in total. The lowest BCUT2D eigenvalue weighted by Gasteiger charge is -1.96. The van der Waals surface area contributed by atoms with Crippen LogP contribution in [-0.4, -0.2) is 10.1 Å². The van der Waals surface area contributed by atoms with E-state index < -0.39 is 0 Å². The fourth-order valence-electron chi connectivity index (χ4n) is 1.79. The van der Waals surface area contributed by atoms with Crippen LogP contribution in [0.2, 0.25) is 0 Å². The van der Waals surface area contributed by atoms with Crippen molar-refractivity contribution < 1.29 is 5.11 Å². The van der Waals surface area contributed by atoms with Crippen molar-refractivity contribution in [1.29, 1.82) is 0 Å². The van der Waals surface area contributed by atoms with Gasteiger partial charge in [-0.05, 0) is 18.1 Å². The summed E-state index contributed by atoms with van der Waals surface area (Å²) in [5, 5.41) is 10.3. The van der Waals surface area contributed by atoms with Crippen molar-refractivity contribution in [2.24, 2.45) is 0 Å². The number of aliphatic hydroxyl groups excluding tert-OH is 1. The van der Waals surface area contributed by atoms with E-state index in [1.807, 2.05) is 18.2 Å². The van der Waals surface area contributed by atoms with Gasteiger partial charge in [0.05, 0.1) is 6.61 Å². The number of para-hydroxylation sites is 1. The normalized spacial score (nSPS) is 10.9. The van der Waals surface area contributed by atoms with Gasteiger partial charge in [-0.15, -0.1) is 0 Å². The van der Waals surface area contributed by atoms with Crippen LogP contribution in [0, 0.1) is 0 Å². The van der Waals surface area contributed by atoms with Crippen LogP contribution in [0.3, 0.4) is 0 Å². The quantitative estimate of drug-likeness (QED) is 0.721. The molecule has 0 saturated heterocycles. The van der Waals surface area contributed by atoms with Gasteiger partial charge in [-0.3, -0.25) is 0 Å². The number of aromatic nitrogens is 1. The molecule has 1 heterocycles. The number of nitrogens with one attached hydrogen (secondary N) is 1. The summed E-state index contributed by atoms with van der Waals surface area (Å²) in [6.45, 7) is 2.20. The zero-order valence-corrected chi connectivity index (χ0v) is 7.67. The van der Waals surface area contributed by atoms with Gasteiger partial charge in [-0.25, -0.2) is 0 Å². The first-order valence-corrected chi connectivity index (χ1v) is 4.56. The predicted molar refractivity (Wildman–Crippen MR) is 53.6 cm³/mol. The first kappa shape index (κ1) is 8.32. The molecule has 0 aliphatic carbocycles. The zero-order chi connectivity index (χ0) is 9.26. The van der Waals surface area contributed by atoms with E-state index in [1.54, 1.807) is 0 Å². The van der Waals surface area contributed by atoms with Crippen LogP contribution in [0.25, 0.3) is 10.9 Å². The van der Waals surface area contributed by atoms with Crippen molar-refractivity contribution >= 4 is 10.9 Å². The molecule has 0 bridgehead atoms. The van der Waals surface area contributed by atoms with Crippen molar-refractivity contribution in [1.82, 2.24) is 4.98 Å². The SMILES string of the molecule is CCc1c(CO)[nH]c2ccccc12. The van der Waals surface area contributed by atoms with Crippen LogP contribution in [0.4, 0.5) is 0 Å². The number of aromatic amines is 1. The van der Waals surface area contributed by atoms with E-state index >= 15 is 0 Å². The molecule has 0 aliphatic rings. The Hall–Kier alpha value is -1.28. The Kier molecular flexibility index (Phi) is 2.07. The molecule has 13 heavy (non-hydrogen) atoms. The molecule has 1 aromatic carbocycles. The lowest BCUT2D eigenvalue weighted by Crippen LogP contribution is -1.88. The van der Waals surface area contributed by atoms with Crippen LogP contribution in [-0.2, 0) is 13.0 Å². The second-order valence-corrected chi connectivity index (χ2v) is 3.14. The van der Waals surface area contributed by atoms with Gasteiger partial charge in [0.1, 0.15) is 0 Å². The highest BCUT2D eigenvalue weighted by molar-refractivity contribution is 5.84. The van der Waals surface area contributed by atoms with E-state index in [2.05, 4.69) is 18.0 Å². The molecule has 1 aromatic heterocycles. The van der Waals surface area contributed by atoms with Gasteiger partial charge in [-0.2, -0.15) is 0 Å². The van der Waals surface area contributed by atoms with Crippen LogP contribution in [0.5, 0.6) is 0 Å². The Labute approximate surface area is 77.2 Å². The molecule has 0 amide bonds. The maximum absolute atomic E-state index is 9.12. The largest absolute Gasteiger partial charge is 0.390 e. The number of benzene rings is 1. The van der Waals surface area contributed by atoms with Crippen LogP contribution in [0.15, 0.2) is 24.3 Å². The second-order valence-electron chi connectivity index (χ2n) is 3.14. The summed E-state index contributed by atoms with van der Waals surface area (Å²) in [6, 6.07) is 8.15. The topological polar surface area (TPSA) is 36.0 Å². The Morgan fingerprint density at radius 3 is 2.77 bits per heavy atom. The van der Waals surface area contributed by atoms with Gasteiger partial charge in [0.25, 0.3) is 0 Å². The van der Waals surface area contributed by atoms with Gasteiger partial charge < -0.3 is 10.1 Å². The standard InChI is InChI=1S/C11H13NO/c1-2-8-9-5-3-4-6-10(9)12-11(8)7-13/h3-6,12-13H,2,7H2,1H3. The lowest BCUT2D eigenvalue weighted by atomic mass is 10.1.